The van der Waals surface area contributed by atoms with Crippen LogP contribution < -0.4 is 16.8 Å². The number of carbonyl (C=O) groups is 2. The highest BCUT2D eigenvalue weighted by Crippen LogP contribution is 2.31. The molecule has 1 aliphatic rings. The number of amides is 2. The van der Waals surface area contributed by atoms with Crippen molar-refractivity contribution < 1.29 is 14.3 Å². The second-order valence-electron chi connectivity index (χ2n) is 5.44. The Kier molecular flexibility index (Phi) is 6.34. The van der Waals surface area contributed by atoms with E-state index in [2.05, 4.69) is 5.32 Å². The standard InChI is InChI=1S/C15H21N3O3.ClH/c1-10-2-3-11(8-12(10)13(17)19)18-14(20)15(9-16)4-6-21-7-5-15;/h2-3,8H,4-7,9,16H2,1H3,(H2,17,19)(H,18,20);1H. The average molecular weight is 328 g/mol. The van der Waals surface area contributed by atoms with E-state index in [1.165, 1.54) is 0 Å². The van der Waals surface area contributed by atoms with Crippen LogP contribution in [0.3, 0.4) is 0 Å². The average Bonchev–Trinajstić information content (AvgIpc) is 2.49. The first-order valence-electron chi connectivity index (χ1n) is 6.98. The lowest BCUT2D eigenvalue weighted by Gasteiger charge is -2.34. The molecule has 0 unspecified atom stereocenters. The van der Waals surface area contributed by atoms with Crippen LogP contribution in [0.15, 0.2) is 18.2 Å². The fraction of sp³-hybridized carbons (Fsp3) is 0.467. The number of anilines is 1. The fourth-order valence-corrected chi connectivity index (χ4v) is 2.51. The van der Waals surface area contributed by atoms with E-state index in [1.807, 2.05) is 0 Å². The highest BCUT2D eigenvalue weighted by molar-refractivity contribution is 5.99. The Labute approximate surface area is 136 Å². The quantitative estimate of drug-likeness (QED) is 0.772. The molecule has 1 aliphatic heterocycles. The lowest BCUT2D eigenvalue weighted by molar-refractivity contribution is -0.130. The third-order valence-corrected chi connectivity index (χ3v) is 4.08. The van der Waals surface area contributed by atoms with Crippen LogP contribution in [-0.4, -0.2) is 31.6 Å². The molecule has 1 aromatic carbocycles. The third-order valence-electron chi connectivity index (χ3n) is 4.08. The Morgan fingerprint density at radius 1 is 1.32 bits per heavy atom. The first kappa shape index (κ1) is 18.4. The van der Waals surface area contributed by atoms with Gasteiger partial charge in [-0.05, 0) is 37.5 Å². The van der Waals surface area contributed by atoms with Crippen LogP contribution in [0.25, 0.3) is 0 Å². The van der Waals surface area contributed by atoms with Crippen molar-refractivity contribution in [3.8, 4) is 0 Å². The van der Waals surface area contributed by atoms with Crippen molar-refractivity contribution in [3.05, 3.63) is 29.3 Å². The van der Waals surface area contributed by atoms with Gasteiger partial charge in [-0.1, -0.05) is 6.07 Å². The number of nitrogens with one attached hydrogen (secondary N) is 1. The molecule has 0 saturated carbocycles. The van der Waals surface area contributed by atoms with Crippen molar-refractivity contribution in [2.45, 2.75) is 19.8 Å². The minimum atomic E-state index is -0.601. The number of benzene rings is 1. The summed E-state index contributed by atoms with van der Waals surface area (Å²) in [6, 6.07) is 5.11. The first-order chi connectivity index (χ1) is 9.98. The van der Waals surface area contributed by atoms with E-state index in [1.54, 1.807) is 25.1 Å². The highest BCUT2D eigenvalue weighted by Gasteiger charge is 2.38. The summed E-state index contributed by atoms with van der Waals surface area (Å²) in [6.07, 6.45) is 1.20. The van der Waals surface area contributed by atoms with Crippen molar-refractivity contribution in [2.24, 2.45) is 16.9 Å². The molecule has 1 fully saturated rings. The number of hydrogen-bond acceptors (Lipinski definition) is 4. The molecule has 0 bridgehead atoms. The molecule has 0 aliphatic carbocycles. The van der Waals surface area contributed by atoms with Crippen LogP contribution in [0.5, 0.6) is 0 Å². The number of nitrogens with two attached hydrogens (primary N) is 2. The van der Waals surface area contributed by atoms with Crippen LogP contribution in [0.2, 0.25) is 0 Å². The van der Waals surface area contributed by atoms with E-state index in [9.17, 15) is 9.59 Å². The van der Waals surface area contributed by atoms with Gasteiger partial charge in [0.25, 0.3) is 0 Å². The van der Waals surface area contributed by atoms with Crippen molar-refractivity contribution in [1.82, 2.24) is 0 Å². The van der Waals surface area contributed by atoms with Gasteiger partial charge in [0.05, 0.1) is 5.41 Å². The van der Waals surface area contributed by atoms with Crippen molar-refractivity contribution in [1.29, 1.82) is 0 Å². The number of primary amides is 1. The summed E-state index contributed by atoms with van der Waals surface area (Å²) in [5.74, 6) is -0.643. The molecule has 0 atom stereocenters. The number of rotatable bonds is 4. The van der Waals surface area contributed by atoms with Crippen LogP contribution in [0.4, 0.5) is 5.69 Å². The van der Waals surface area contributed by atoms with Crippen LogP contribution in [0.1, 0.15) is 28.8 Å². The maximum atomic E-state index is 12.5. The van der Waals surface area contributed by atoms with Gasteiger partial charge in [-0.2, -0.15) is 0 Å². The molecular weight excluding hydrogens is 306 g/mol. The molecule has 2 rings (SSSR count). The SMILES string of the molecule is Cc1ccc(NC(=O)C2(CN)CCOCC2)cc1C(N)=O.Cl. The summed E-state index contributed by atoms with van der Waals surface area (Å²) in [5.41, 5.74) is 12.3. The van der Waals surface area contributed by atoms with Crippen LogP contribution >= 0.6 is 12.4 Å². The summed E-state index contributed by atoms with van der Waals surface area (Å²) in [5, 5.41) is 2.84. The zero-order valence-corrected chi connectivity index (χ0v) is 13.4. The number of carbonyl (C=O) groups excluding carboxylic acids is 2. The molecule has 6 nitrogen and oxygen atoms in total. The van der Waals surface area contributed by atoms with Crippen molar-refractivity contribution >= 4 is 29.9 Å². The minimum absolute atomic E-state index is 0. The lowest BCUT2D eigenvalue weighted by atomic mass is 9.79. The van der Waals surface area contributed by atoms with Gasteiger partial charge in [-0.15, -0.1) is 12.4 Å². The first-order valence-corrected chi connectivity index (χ1v) is 6.98. The van der Waals surface area contributed by atoms with E-state index in [-0.39, 0.29) is 24.9 Å². The van der Waals surface area contributed by atoms with Gasteiger partial charge < -0.3 is 21.5 Å². The Balaban J connectivity index is 0.00000242. The highest BCUT2D eigenvalue weighted by atomic mass is 35.5. The maximum Gasteiger partial charge on any atom is 0.249 e. The van der Waals surface area contributed by atoms with Gasteiger partial charge in [-0.3, -0.25) is 9.59 Å². The number of hydrogen-bond donors (Lipinski definition) is 3. The van der Waals surface area contributed by atoms with Gasteiger partial charge >= 0.3 is 0 Å². The van der Waals surface area contributed by atoms with Gasteiger partial charge in [-0.25, -0.2) is 0 Å². The molecule has 1 heterocycles. The van der Waals surface area contributed by atoms with Gasteiger partial charge in [0.2, 0.25) is 11.8 Å². The van der Waals surface area contributed by atoms with E-state index in [0.717, 1.165) is 5.56 Å². The third kappa shape index (κ3) is 3.76. The second kappa shape index (κ2) is 7.58. The van der Waals surface area contributed by atoms with Crippen LogP contribution in [0, 0.1) is 12.3 Å². The molecule has 0 radical (unpaired) electrons. The monoisotopic (exact) mass is 327 g/mol. The van der Waals surface area contributed by atoms with Gasteiger partial charge in [0.1, 0.15) is 0 Å². The normalized spacial score (nSPS) is 16.5. The minimum Gasteiger partial charge on any atom is -0.381 e. The molecule has 1 saturated heterocycles. The predicted molar refractivity (Wildman–Crippen MR) is 87.1 cm³/mol. The molecule has 122 valence electrons. The summed E-state index contributed by atoms with van der Waals surface area (Å²) in [7, 11) is 0. The molecule has 22 heavy (non-hydrogen) atoms. The van der Waals surface area contributed by atoms with Gasteiger partial charge in [0.15, 0.2) is 0 Å². The maximum absolute atomic E-state index is 12.5. The van der Waals surface area contributed by atoms with E-state index < -0.39 is 11.3 Å². The number of aryl methyl sites for hydroxylation is 1. The molecule has 1 aromatic rings. The Morgan fingerprint density at radius 2 is 1.95 bits per heavy atom. The Hall–Kier alpha value is -1.63. The van der Waals surface area contributed by atoms with Crippen LogP contribution in [-0.2, 0) is 9.53 Å². The summed E-state index contributed by atoms with van der Waals surface area (Å²) in [4.78, 5) is 23.9. The molecule has 7 heteroatoms. The smallest absolute Gasteiger partial charge is 0.249 e. The summed E-state index contributed by atoms with van der Waals surface area (Å²) < 4.78 is 5.30. The topological polar surface area (TPSA) is 107 Å². The summed E-state index contributed by atoms with van der Waals surface area (Å²) in [6.45, 7) is 3.14. The predicted octanol–water partition coefficient (Wildman–Crippen LogP) is 1.21. The van der Waals surface area contributed by atoms with E-state index in [0.29, 0.717) is 37.3 Å². The molecule has 5 N–H and O–H groups in total. The molecular formula is C15H22ClN3O3. The molecule has 2 amide bonds. The zero-order chi connectivity index (χ0) is 15.5. The number of halogens is 1. The number of ether oxygens (including phenoxy) is 1. The van der Waals surface area contributed by atoms with Crippen molar-refractivity contribution in [2.75, 3.05) is 25.1 Å². The molecule has 0 spiro atoms. The van der Waals surface area contributed by atoms with Crippen molar-refractivity contribution in [3.63, 3.8) is 0 Å². The summed E-state index contributed by atoms with van der Waals surface area (Å²) >= 11 is 0. The Bertz CT molecular complexity index is 557. The largest absolute Gasteiger partial charge is 0.381 e. The fourth-order valence-electron chi connectivity index (χ4n) is 2.51. The van der Waals surface area contributed by atoms with Gasteiger partial charge in [0, 0.05) is 31.0 Å². The molecule has 0 aromatic heterocycles. The second-order valence-corrected chi connectivity index (χ2v) is 5.44. The zero-order valence-electron chi connectivity index (χ0n) is 12.6. The lowest BCUT2D eigenvalue weighted by Crippen LogP contribution is -2.46. The van der Waals surface area contributed by atoms with E-state index >= 15 is 0 Å². The Morgan fingerprint density at radius 3 is 2.50 bits per heavy atom. The van der Waals surface area contributed by atoms with E-state index in [4.69, 9.17) is 16.2 Å².